The molecule has 0 bridgehead atoms. The second-order valence-corrected chi connectivity index (χ2v) is 23.9. The molecule has 1 aromatic heterocycles. The van der Waals surface area contributed by atoms with Gasteiger partial charge in [-0.25, -0.2) is 28.1 Å². The summed E-state index contributed by atoms with van der Waals surface area (Å²) >= 11 is 0. The fourth-order valence-corrected chi connectivity index (χ4v) is 9.80. The largest absolute Gasteiger partial charge is 0.490 e. The van der Waals surface area contributed by atoms with Crippen LogP contribution in [0.3, 0.4) is 0 Å². The fourth-order valence-electron chi connectivity index (χ4n) is 9.80. The van der Waals surface area contributed by atoms with Crippen LogP contribution in [0.25, 0.3) is 0 Å². The normalized spacial score (nSPS) is 27.7. The van der Waals surface area contributed by atoms with E-state index >= 15 is 0 Å². The Labute approximate surface area is 415 Å². The molecule has 7 fully saturated rings. The van der Waals surface area contributed by atoms with Crippen LogP contribution in [0.1, 0.15) is 173 Å². The summed E-state index contributed by atoms with van der Waals surface area (Å²) in [6.45, 7) is 44.6. The first-order chi connectivity index (χ1) is 32.3. The van der Waals surface area contributed by atoms with Crippen LogP contribution in [-0.4, -0.2) is 95.6 Å². The lowest BCUT2D eigenvalue weighted by Crippen LogP contribution is -2.55. The first kappa shape index (κ1) is 57.1. The molecule has 13 heteroatoms. The third-order valence-corrected chi connectivity index (χ3v) is 15.7. The molecule has 7 aliphatic rings. The minimum atomic E-state index is -0.581. The van der Waals surface area contributed by atoms with Crippen molar-refractivity contribution >= 4 is 0 Å². The molecule has 6 saturated heterocycles. The summed E-state index contributed by atoms with van der Waals surface area (Å²) in [4.78, 5) is 36.9. The van der Waals surface area contributed by atoms with E-state index in [-0.39, 0.29) is 31.3 Å². The highest BCUT2D eigenvalue weighted by atomic mass is 16.6. The van der Waals surface area contributed by atoms with E-state index in [1.807, 2.05) is 0 Å². The molecule has 1 aromatic carbocycles. The first-order valence-corrected chi connectivity index (χ1v) is 26.8. The van der Waals surface area contributed by atoms with Gasteiger partial charge in [0, 0.05) is 11.5 Å². The number of epoxide rings is 5. The lowest BCUT2D eigenvalue weighted by Gasteiger charge is -2.48. The van der Waals surface area contributed by atoms with E-state index in [1.165, 1.54) is 30.4 Å². The van der Waals surface area contributed by atoms with Crippen molar-refractivity contribution in [1.29, 1.82) is 0 Å². The molecule has 1 aliphatic carbocycles. The van der Waals surface area contributed by atoms with Gasteiger partial charge in [0.15, 0.2) is 0 Å². The van der Waals surface area contributed by atoms with Gasteiger partial charge in [0.2, 0.25) is 0 Å². The van der Waals surface area contributed by atoms with E-state index in [0.717, 1.165) is 62.9 Å². The van der Waals surface area contributed by atoms with Crippen LogP contribution in [0, 0.1) is 46.8 Å². The third-order valence-electron chi connectivity index (χ3n) is 15.7. The third kappa shape index (κ3) is 15.1. The molecule has 0 N–H and O–H groups in total. The van der Waals surface area contributed by atoms with Crippen LogP contribution in [0.5, 0.6) is 5.75 Å². The Morgan fingerprint density at radius 2 is 1.14 bits per heavy atom. The van der Waals surface area contributed by atoms with Crippen LogP contribution in [0.15, 0.2) is 32.6 Å². The predicted molar refractivity (Wildman–Crippen MR) is 275 cm³/mol. The Kier molecular flexibility index (Phi) is 20.1. The summed E-state index contributed by atoms with van der Waals surface area (Å²) in [5.74, 6) is 7.48. The first-order valence-electron chi connectivity index (χ1n) is 26.8. The summed E-state index contributed by atoms with van der Waals surface area (Å²) in [5, 5.41) is 0. The number of fused-ring (bicyclic) bond motifs is 1. The maximum atomic E-state index is 12.3. The van der Waals surface area contributed by atoms with Crippen LogP contribution in [-0.2, 0) is 41.5 Å². The molecule has 1 saturated carbocycles. The monoisotopic (exact) mass is 970 g/mol. The molecule has 13 nitrogen and oxygen atoms in total. The van der Waals surface area contributed by atoms with Gasteiger partial charge >= 0.3 is 17.1 Å². The molecule has 8 atom stereocenters. The van der Waals surface area contributed by atoms with E-state index in [4.69, 9.17) is 33.2 Å². The number of rotatable bonds is 16. The highest BCUT2D eigenvalue weighted by molar-refractivity contribution is 5.40. The second kappa shape index (κ2) is 24.3. The van der Waals surface area contributed by atoms with Gasteiger partial charge in [-0.1, -0.05) is 123 Å². The summed E-state index contributed by atoms with van der Waals surface area (Å²) in [6.07, 6.45) is 5.83. The van der Waals surface area contributed by atoms with E-state index in [0.29, 0.717) is 84.8 Å². The molecule has 69 heavy (non-hydrogen) atoms. The van der Waals surface area contributed by atoms with Crippen molar-refractivity contribution in [2.45, 2.75) is 217 Å². The minimum Gasteiger partial charge on any atom is -0.490 e. The molecule has 0 amide bonds. The van der Waals surface area contributed by atoms with Gasteiger partial charge in [0.1, 0.15) is 18.5 Å². The molecule has 0 radical (unpaired) electrons. The zero-order valence-electron chi connectivity index (χ0n) is 46.2. The van der Waals surface area contributed by atoms with Crippen molar-refractivity contribution in [2.75, 3.05) is 39.6 Å². The Balaban J connectivity index is 0.000000166. The Morgan fingerprint density at radius 3 is 1.46 bits per heavy atom. The number of aromatic nitrogens is 3. The number of nitrogens with zero attached hydrogens (tertiary/aromatic N) is 3. The average molecular weight is 970 g/mol. The smallest absolute Gasteiger partial charge is 0.336 e. The van der Waals surface area contributed by atoms with Gasteiger partial charge in [-0.15, -0.1) is 0 Å². The molecule has 8 unspecified atom stereocenters. The Hall–Kier alpha value is -2.81. The van der Waals surface area contributed by atoms with Crippen LogP contribution >= 0.6 is 0 Å². The molecule has 0 spiro atoms. The van der Waals surface area contributed by atoms with E-state index in [1.54, 1.807) is 13.8 Å². The van der Waals surface area contributed by atoms with Crippen molar-refractivity contribution in [3.63, 3.8) is 0 Å². The van der Waals surface area contributed by atoms with Crippen LogP contribution in [0.2, 0.25) is 0 Å². The summed E-state index contributed by atoms with van der Waals surface area (Å²) < 4.78 is 41.0. The van der Waals surface area contributed by atoms with Gasteiger partial charge in [0.05, 0.1) is 82.2 Å². The Bertz CT molecular complexity index is 2030. The highest BCUT2D eigenvalue weighted by Gasteiger charge is 2.60. The number of benzene rings is 1. The van der Waals surface area contributed by atoms with Gasteiger partial charge in [-0.05, 0) is 104 Å². The summed E-state index contributed by atoms with van der Waals surface area (Å²) in [5.41, 5.74) is 1.77. The zero-order valence-corrected chi connectivity index (χ0v) is 46.2. The van der Waals surface area contributed by atoms with Crippen LogP contribution < -0.4 is 21.8 Å². The lowest BCUT2D eigenvalue weighted by atomic mass is 9.67. The molecule has 2 aromatic rings. The van der Waals surface area contributed by atoms with Gasteiger partial charge in [-0.3, -0.25) is 0 Å². The number of hydrogen-bond donors (Lipinski definition) is 0. The fraction of sp³-hybridized carbons (Fsp3) is 0.839. The molecule has 6 aliphatic heterocycles. The quantitative estimate of drug-likeness (QED) is 0.149. The van der Waals surface area contributed by atoms with Gasteiger partial charge in [-0.2, -0.15) is 0 Å². The maximum absolute atomic E-state index is 12.3. The molecular formula is C56H95N3O10. The number of hydrogen-bond acceptors (Lipinski definition) is 10. The van der Waals surface area contributed by atoms with Crippen molar-refractivity contribution in [3.05, 3.63) is 60.8 Å². The molecule has 7 heterocycles. The topological polar surface area (TPSA) is 147 Å². The highest BCUT2D eigenvalue weighted by Crippen LogP contribution is 2.55. The molecule has 394 valence electrons. The van der Waals surface area contributed by atoms with Crippen molar-refractivity contribution in [1.82, 2.24) is 13.7 Å². The number of ether oxygens (including phenoxy) is 7. The standard InChI is InChI=1S/C15H22O2.C12H17N3O5.C12H22O.C9H18O.C8H16O/c1-10(2)12-5-6-15(14(7-12)11(3)4)17-9-13-8-16-13;1-7(2)15-11(17)13(3-8-5-19-8)10(16)14(12(15)18)4-9-6-20-9;1-8(2)10-5-6-12(9(3)4)11(7-10)13-12;1-7(2)9(8(3)4)5-10-6-9;1-5(2)7-8(9-7)6(3)4/h5-7,10-11,13H,8-9H2,1-4H3;7-9H,3-6H2,1-2H3;8-11H,5-7H2,1-4H3;7-8H,5-6H2,1-4H3;5-8H,1-4H3. The van der Waals surface area contributed by atoms with E-state index in [2.05, 4.69) is 129 Å². The summed E-state index contributed by atoms with van der Waals surface area (Å²) in [7, 11) is 0. The molecule has 9 rings (SSSR count). The predicted octanol–water partition coefficient (Wildman–Crippen LogP) is 9.88. The zero-order chi connectivity index (χ0) is 51.3. The minimum absolute atomic E-state index is 0.107. The van der Waals surface area contributed by atoms with Crippen molar-refractivity contribution in [2.24, 2.45) is 46.8 Å². The van der Waals surface area contributed by atoms with Gasteiger partial charge < -0.3 is 33.2 Å². The van der Waals surface area contributed by atoms with Gasteiger partial charge in [0.25, 0.3) is 0 Å². The van der Waals surface area contributed by atoms with Crippen molar-refractivity contribution in [3.8, 4) is 5.75 Å². The lowest BCUT2D eigenvalue weighted by molar-refractivity contribution is -0.164. The average Bonchev–Trinajstić information content (AvgIpc) is 4.02. The Morgan fingerprint density at radius 1 is 0.638 bits per heavy atom. The SMILES string of the molecule is CC(C)C1(C(C)C)COC1.CC(C)C1CCC2(C(C)C)OC2C1.CC(C)C1OC1C(C)C.CC(C)c1ccc(OCC2CO2)c(C(C)C)c1.CC(C)n1c(=O)n(CC2CO2)c(=O)n(CC2CO2)c1=O. The second-order valence-electron chi connectivity index (χ2n) is 23.9. The van der Waals surface area contributed by atoms with E-state index in [9.17, 15) is 14.4 Å². The van der Waals surface area contributed by atoms with Crippen LogP contribution in [0.4, 0.5) is 0 Å². The van der Waals surface area contributed by atoms with Crippen molar-refractivity contribution < 1.29 is 33.2 Å². The van der Waals surface area contributed by atoms with E-state index < -0.39 is 17.1 Å². The molecular weight excluding hydrogens is 875 g/mol. The summed E-state index contributed by atoms with van der Waals surface area (Å²) in [6, 6.07) is 6.24. The maximum Gasteiger partial charge on any atom is 0.336 e.